The molecule has 0 atom stereocenters. The molecule has 1 aliphatic rings. The first-order valence-electron chi connectivity index (χ1n) is 4.37. The standard InChI is InChI=1S/C9H12N2O2/c1-2-7-3-8(11-10-4-7)9(12)5-13-6-9/h3-4,12H,2,5-6H2,1H3. The lowest BCUT2D eigenvalue weighted by Crippen LogP contribution is -2.47. The molecule has 0 spiro atoms. The lowest BCUT2D eigenvalue weighted by atomic mass is 9.96. The highest BCUT2D eigenvalue weighted by Crippen LogP contribution is 2.27. The van der Waals surface area contributed by atoms with E-state index in [1.807, 2.05) is 13.0 Å². The summed E-state index contributed by atoms with van der Waals surface area (Å²) >= 11 is 0. The first-order valence-corrected chi connectivity index (χ1v) is 4.37. The molecular weight excluding hydrogens is 168 g/mol. The molecule has 1 aliphatic heterocycles. The van der Waals surface area contributed by atoms with E-state index in [0.717, 1.165) is 12.0 Å². The minimum atomic E-state index is -0.891. The Morgan fingerprint density at radius 3 is 2.92 bits per heavy atom. The highest BCUT2D eigenvalue weighted by molar-refractivity contribution is 5.19. The number of hydrogen-bond donors (Lipinski definition) is 1. The monoisotopic (exact) mass is 180 g/mol. The largest absolute Gasteiger partial charge is 0.379 e. The van der Waals surface area contributed by atoms with Crippen molar-refractivity contribution in [2.45, 2.75) is 18.9 Å². The second-order valence-corrected chi connectivity index (χ2v) is 3.33. The minimum Gasteiger partial charge on any atom is -0.379 e. The third-order valence-corrected chi connectivity index (χ3v) is 2.28. The molecule has 0 radical (unpaired) electrons. The van der Waals surface area contributed by atoms with Crippen molar-refractivity contribution >= 4 is 0 Å². The molecule has 1 aromatic rings. The van der Waals surface area contributed by atoms with E-state index >= 15 is 0 Å². The molecule has 4 heteroatoms. The summed E-state index contributed by atoms with van der Waals surface area (Å²) in [6.45, 7) is 2.70. The molecule has 0 amide bonds. The molecule has 1 saturated heterocycles. The van der Waals surface area contributed by atoms with Crippen LogP contribution in [0.5, 0.6) is 0 Å². The third-order valence-electron chi connectivity index (χ3n) is 2.28. The molecular formula is C9H12N2O2. The van der Waals surface area contributed by atoms with Crippen molar-refractivity contribution in [1.29, 1.82) is 0 Å². The van der Waals surface area contributed by atoms with Gasteiger partial charge in [0.05, 0.1) is 25.1 Å². The molecule has 2 heterocycles. The van der Waals surface area contributed by atoms with E-state index in [2.05, 4.69) is 10.2 Å². The quantitative estimate of drug-likeness (QED) is 0.709. The maximum atomic E-state index is 9.87. The average molecular weight is 180 g/mol. The summed E-state index contributed by atoms with van der Waals surface area (Å²) in [5.74, 6) is 0. The lowest BCUT2D eigenvalue weighted by molar-refractivity contribution is -0.187. The number of aliphatic hydroxyl groups is 1. The SMILES string of the molecule is CCc1cnnc(C2(O)COC2)c1. The summed E-state index contributed by atoms with van der Waals surface area (Å²) in [5.41, 5.74) is 0.821. The van der Waals surface area contributed by atoms with E-state index in [1.54, 1.807) is 6.20 Å². The third kappa shape index (κ3) is 1.43. The average Bonchev–Trinajstić information content (AvgIpc) is 2.14. The lowest BCUT2D eigenvalue weighted by Gasteiger charge is -2.35. The van der Waals surface area contributed by atoms with Gasteiger partial charge in [-0.25, -0.2) is 0 Å². The van der Waals surface area contributed by atoms with Gasteiger partial charge in [0.25, 0.3) is 0 Å². The Balaban J connectivity index is 2.29. The molecule has 1 N–H and O–H groups in total. The van der Waals surface area contributed by atoms with E-state index in [-0.39, 0.29) is 0 Å². The van der Waals surface area contributed by atoms with Gasteiger partial charge >= 0.3 is 0 Å². The van der Waals surface area contributed by atoms with Gasteiger partial charge in [0.1, 0.15) is 0 Å². The predicted octanol–water partition coefficient (Wildman–Crippen LogP) is 0.257. The molecule has 1 fully saturated rings. The van der Waals surface area contributed by atoms with Crippen LogP contribution in [0, 0.1) is 0 Å². The van der Waals surface area contributed by atoms with Crippen LogP contribution in [-0.4, -0.2) is 28.5 Å². The van der Waals surface area contributed by atoms with Gasteiger partial charge in [-0.2, -0.15) is 10.2 Å². The van der Waals surface area contributed by atoms with Crippen LogP contribution < -0.4 is 0 Å². The zero-order valence-electron chi connectivity index (χ0n) is 7.53. The second kappa shape index (κ2) is 3.05. The highest BCUT2D eigenvalue weighted by atomic mass is 16.5. The Bertz CT molecular complexity index is 310. The Hall–Kier alpha value is -1.00. The van der Waals surface area contributed by atoms with E-state index in [1.165, 1.54) is 0 Å². The fourth-order valence-electron chi connectivity index (χ4n) is 1.27. The first-order chi connectivity index (χ1) is 6.24. The normalized spacial score (nSPS) is 19.5. The van der Waals surface area contributed by atoms with Crippen molar-refractivity contribution in [2.75, 3.05) is 13.2 Å². The molecule has 2 rings (SSSR count). The van der Waals surface area contributed by atoms with Crippen molar-refractivity contribution in [3.05, 3.63) is 23.5 Å². The summed E-state index contributed by atoms with van der Waals surface area (Å²) in [6, 6.07) is 1.88. The molecule has 1 aromatic heterocycles. The Morgan fingerprint density at radius 1 is 1.62 bits per heavy atom. The zero-order valence-corrected chi connectivity index (χ0v) is 7.53. The molecule has 0 saturated carbocycles. The molecule has 13 heavy (non-hydrogen) atoms. The van der Waals surface area contributed by atoms with Crippen LogP contribution in [0.4, 0.5) is 0 Å². The summed E-state index contributed by atoms with van der Waals surface area (Å²) in [5, 5.41) is 17.6. The van der Waals surface area contributed by atoms with Gasteiger partial charge in [-0.1, -0.05) is 6.92 Å². The zero-order chi connectivity index (χ0) is 9.31. The molecule has 0 aliphatic carbocycles. The fraction of sp³-hybridized carbons (Fsp3) is 0.556. The number of aryl methyl sites for hydroxylation is 1. The van der Waals surface area contributed by atoms with Gasteiger partial charge < -0.3 is 9.84 Å². The smallest absolute Gasteiger partial charge is 0.155 e. The van der Waals surface area contributed by atoms with Gasteiger partial charge in [0, 0.05) is 0 Å². The van der Waals surface area contributed by atoms with E-state index in [9.17, 15) is 5.11 Å². The maximum absolute atomic E-state index is 9.87. The molecule has 0 aromatic carbocycles. The summed E-state index contributed by atoms with van der Waals surface area (Å²) in [7, 11) is 0. The van der Waals surface area contributed by atoms with Gasteiger partial charge in [-0.3, -0.25) is 0 Å². The van der Waals surface area contributed by atoms with Crippen LogP contribution >= 0.6 is 0 Å². The van der Waals surface area contributed by atoms with Crippen molar-refractivity contribution in [1.82, 2.24) is 10.2 Å². The molecule has 0 bridgehead atoms. The maximum Gasteiger partial charge on any atom is 0.155 e. The Morgan fingerprint density at radius 2 is 2.38 bits per heavy atom. The van der Waals surface area contributed by atoms with Crippen LogP contribution in [0.15, 0.2) is 12.3 Å². The minimum absolute atomic E-state index is 0.328. The van der Waals surface area contributed by atoms with Crippen molar-refractivity contribution < 1.29 is 9.84 Å². The number of aromatic nitrogens is 2. The summed E-state index contributed by atoms with van der Waals surface area (Å²) < 4.78 is 4.95. The topological polar surface area (TPSA) is 55.2 Å². The van der Waals surface area contributed by atoms with Crippen molar-refractivity contribution in [2.24, 2.45) is 0 Å². The molecule has 4 nitrogen and oxygen atoms in total. The van der Waals surface area contributed by atoms with Gasteiger partial charge in [-0.15, -0.1) is 0 Å². The number of nitrogens with zero attached hydrogens (tertiary/aromatic N) is 2. The summed E-state index contributed by atoms with van der Waals surface area (Å²) in [6.07, 6.45) is 2.62. The van der Waals surface area contributed by atoms with E-state index in [0.29, 0.717) is 18.9 Å². The van der Waals surface area contributed by atoms with Crippen molar-refractivity contribution in [3.8, 4) is 0 Å². The second-order valence-electron chi connectivity index (χ2n) is 3.33. The first kappa shape index (κ1) is 8.59. The van der Waals surface area contributed by atoms with E-state index < -0.39 is 5.60 Å². The number of ether oxygens (including phenoxy) is 1. The number of hydrogen-bond acceptors (Lipinski definition) is 4. The van der Waals surface area contributed by atoms with Crippen LogP contribution in [0.3, 0.4) is 0 Å². The highest BCUT2D eigenvalue weighted by Gasteiger charge is 2.39. The fourth-order valence-corrected chi connectivity index (χ4v) is 1.27. The summed E-state index contributed by atoms with van der Waals surface area (Å²) in [4.78, 5) is 0. The number of rotatable bonds is 2. The van der Waals surface area contributed by atoms with Crippen LogP contribution in [0.1, 0.15) is 18.2 Å². The van der Waals surface area contributed by atoms with Crippen LogP contribution in [0.25, 0.3) is 0 Å². The van der Waals surface area contributed by atoms with Crippen LogP contribution in [0.2, 0.25) is 0 Å². The molecule has 0 unspecified atom stereocenters. The van der Waals surface area contributed by atoms with Gasteiger partial charge in [-0.05, 0) is 18.1 Å². The Kier molecular flexibility index (Phi) is 2.01. The van der Waals surface area contributed by atoms with Crippen LogP contribution in [-0.2, 0) is 16.8 Å². The van der Waals surface area contributed by atoms with Crippen molar-refractivity contribution in [3.63, 3.8) is 0 Å². The van der Waals surface area contributed by atoms with Gasteiger partial charge in [0.15, 0.2) is 5.60 Å². The molecule has 70 valence electrons. The van der Waals surface area contributed by atoms with E-state index in [4.69, 9.17) is 4.74 Å². The Labute approximate surface area is 76.6 Å². The predicted molar refractivity (Wildman–Crippen MR) is 46.1 cm³/mol. The van der Waals surface area contributed by atoms with Gasteiger partial charge in [0.2, 0.25) is 0 Å².